The SMILES string of the molecule is CN1CC(=O)N(CC(=O)OCC(=O)Nc2ccc(Cl)cc2)C1=O. The molecule has 2 rings (SSSR count). The van der Waals surface area contributed by atoms with Crippen LogP contribution < -0.4 is 5.32 Å². The quantitative estimate of drug-likeness (QED) is 0.629. The van der Waals surface area contributed by atoms with E-state index in [2.05, 4.69) is 5.32 Å². The Kier molecular flexibility index (Phi) is 5.17. The van der Waals surface area contributed by atoms with E-state index in [-0.39, 0.29) is 6.54 Å². The van der Waals surface area contributed by atoms with Crippen LogP contribution in [-0.4, -0.2) is 60.4 Å². The summed E-state index contributed by atoms with van der Waals surface area (Å²) < 4.78 is 4.75. The first-order chi connectivity index (χ1) is 10.9. The van der Waals surface area contributed by atoms with Gasteiger partial charge in [0, 0.05) is 17.8 Å². The minimum absolute atomic E-state index is 0.0802. The number of hydrogen-bond acceptors (Lipinski definition) is 5. The molecular formula is C14H14ClN3O5. The van der Waals surface area contributed by atoms with Gasteiger partial charge in [0.2, 0.25) is 0 Å². The maximum absolute atomic E-state index is 11.6. The lowest BCUT2D eigenvalue weighted by Gasteiger charge is -2.13. The molecule has 0 aliphatic carbocycles. The number of benzene rings is 1. The Labute approximate surface area is 136 Å². The third-order valence-corrected chi connectivity index (χ3v) is 3.26. The molecule has 0 unspecified atom stereocenters. The Hall–Kier alpha value is -2.61. The average Bonchev–Trinajstić information content (AvgIpc) is 2.74. The van der Waals surface area contributed by atoms with E-state index < -0.39 is 37.0 Å². The molecule has 1 aliphatic rings. The fourth-order valence-electron chi connectivity index (χ4n) is 1.88. The number of imide groups is 1. The summed E-state index contributed by atoms with van der Waals surface area (Å²) in [5, 5.41) is 3.04. The van der Waals surface area contributed by atoms with Crippen LogP contribution in [0.15, 0.2) is 24.3 Å². The summed E-state index contributed by atoms with van der Waals surface area (Å²) in [4.78, 5) is 48.3. The van der Waals surface area contributed by atoms with Crippen LogP contribution in [0, 0.1) is 0 Å². The van der Waals surface area contributed by atoms with E-state index in [9.17, 15) is 19.2 Å². The molecule has 0 radical (unpaired) electrons. The molecule has 0 spiro atoms. The van der Waals surface area contributed by atoms with Crippen LogP contribution in [-0.2, 0) is 19.1 Å². The fraction of sp³-hybridized carbons (Fsp3) is 0.286. The van der Waals surface area contributed by atoms with Crippen LogP contribution in [0.25, 0.3) is 0 Å². The maximum Gasteiger partial charge on any atom is 0.327 e. The molecule has 1 N–H and O–H groups in total. The Bertz CT molecular complexity index is 646. The van der Waals surface area contributed by atoms with Gasteiger partial charge < -0.3 is 15.0 Å². The molecule has 0 aromatic heterocycles. The third-order valence-electron chi connectivity index (χ3n) is 3.01. The van der Waals surface area contributed by atoms with Crippen LogP contribution >= 0.6 is 11.6 Å². The molecule has 1 saturated heterocycles. The van der Waals surface area contributed by atoms with Gasteiger partial charge in [0.15, 0.2) is 6.61 Å². The first kappa shape index (κ1) is 16.8. The smallest absolute Gasteiger partial charge is 0.327 e. The van der Waals surface area contributed by atoms with Crippen molar-refractivity contribution < 1.29 is 23.9 Å². The summed E-state index contributed by atoms with van der Waals surface area (Å²) in [6.07, 6.45) is 0. The van der Waals surface area contributed by atoms with Gasteiger partial charge in [-0.15, -0.1) is 0 Å². The predicted octanol–water partition coefficient (Wildman–Crippen LogP) is 0.716. The maximum atomic E-state index is 11.6. The number of halogens is 1. The number of likely N-dealkylation sites (N-methyl/N-ethyl adjacent to an activating group) is 1. The molecule has 1 aromatic rings. The Morgan fingerprint density at radius 3 is 2.48 bits per heavy atom. The summed E-state index contributed by atoms with van der Waals surface area (Å²) in [6.45, 7) is -1.12. The van der Waals surface area contributed by atoms with Crippen molar-refractivity contribution in [3.8, 4) is 0 Å². The Balaban J connectivity index is 1.78. The monoisotopic (exact) mass is 339 g/mol. The predicted molar refractivity (Wildman–Crippen MR) is 80.8 cm³/mol. The van der Waals surface area contributed by atoms with Gasteiger partial charge in [0.1, 0.15) is 13.1 Å². The molecule has 1 aliphatic heterocycles. The summed E-state index contributed by atoms with van der Waals surface area (Å²) in [5.74, 6) is -1.87. The zero-order chi connectivity index (χ0) is 17.0. The summed E-state index contributed by atoms with van der Waals surface area (Å²) in [5.41, 5.74) is 0.502. The molecule has 1 heterocycles. The first-order valence-electron chi connectivity index (χ1n) is 6.63. The van der Waals surface area contributed by atoms with E-state index in [1.165, 1.54) is 11.9 Å². The van der Waals surface area contributed by atoms with Gasteiger partial charge in [-0.2, -0.15) is 0 Å². The fourth-order valence-corrected chi connectivity index (χ4v) is 2.00. The highest BCUT2D eigenvalue weighted by Crippen LogP contribution is 2.13. The molecule has 1 aromatic carbocycles. The van der Waals surface area contributed by atoms with Crippen molar-refractivity contribution in [1.82, 2.24) is 9.80 Å². The summed E-state index contributed by atoms with van der Waals surface area (Å²) in [7, 11) is 1.45. The van der Waals surface area contributed by atoms with Gasteiger partial charge in [-0.25, -0.2) is 4.79 Å². The van der Waals surface area contributed by atoms with Crippen LogP contribution in [0.3, 0.4) is 0 Å². The molecule has 0 bridgehead atoms. The number of hydrogen-bond donors (Lipinski definition) is 1. The number of urea groups is 1. The molecule has 9 heteroatoms. The molecule has 122 valence electrons. The highest BCUT2D eigenvalue weighted by Gasteiger charge is 2.35. The van der Waals surface area contributed by atoms with Crippen LogP contribution in [0.1, 0.15) is 0 Å². The number of ether oxygens (including phenoxy) is 1. The third kappa shape index (κ3) is 4.43. The highest BCUT2D eigenvalue weighted by molar-refractivity contribution is 6.30. The van der Waals surface area contributed by atoms with Gasteiger partial charge in [-0.1, -0.05) is 11.6 Å². The minimum atomic E-state index is -0.840. The minimum Gasteiger partial charge on any atom is -0.454 e. The largest absolute Gasteiger partial charge is 0.454 e. The van der Waals surface area contributed by atoms with Crippen molar-refractivity contribution in [2.75, 3.05) is 32.1 Å². The van der Waals surface area contributed by atoms with Crippen molar-refractivity contribution in [2.45, 2.75) is 0 Å². The molecule has 0 atom stereocenters. The number of nitrogens with one attached hydrogen (secondary N) is 1. The van der Waals surface area contributed by atoms with E-state index in [4.69, 9.17) is 16.3 Å². The number of carbonyl (C=O) groups is 4. The van der Waals surface area contributed by atoms with Gasteiger partial charge in [-0.05, 0) is 24.3 Å². The zero-order valence-electron chi connectivity index (χ0n) is 12.2. The van der Waals surface area contributed by atoms with Crippen LogP contribution in [0.4, 0.5) is 10.5 Å². The van der Waals surface area contributed by atoms with Gasteiger partial charge in [0.05, 0.1) is 0 Å². The molecule has 23 heavy (non-hydrogen) atoms. The van der Waals surface area contributed by atoms with Gasteiger partial charge >= 0.3 is 12.0 Å². The number of nitrogens with zero attached hydrogens (tertiary/aromatic N) is 2. The molecule has 0 saturated carbocycles. The second kappa shape index (κ2) is 7.10. The number of amides is 4. The number of esters is 1. The molecule has 4 amide bonds. The molecular weight excluding hydrogens is 326 g/mol. The lowest BCUT2D eigenvalue weighted by atomic mass is 10.3. The van der Waals surface area contributed by atoms with E-state index in [1.807, 2.05) is 0 Å². The van der Waals surface area contributed by atoms with Crippen molar-refractivity contribution in [3.63, 3.8) is 0 Å². The Morgan fingerprint density at radius 1 is 1.26 bits per heavy atom. The highest BCUT2D eigenvalue weighted by atomic mass is 35.5. The van der Waals surface area contributed by atoms with Gasteiger partial charge in [-0.3, -0.25) is 19.3 Å². The Morgan fingerprint density at radius 2 is 1.91 bits per heavy atom. The van der Waals surface area contributed by atoms with E-state index in [0.717, 1.165) is 4.90 Å². The average molecular weight is 340 g/mol. The second-order valence-corrected chi connectivity index (χ2v) is 5.27. The lowest BCUT2D eigenvalue weighted by molar-refractivity contribution is -0.149. The first-order valence-corrected chi connectivity index (χ1v) is 7.01. The standard InChI is InChI=1S/C14H14ClN3O5/c1-17-6-12(20)18(14(17)22)7-13(21)23-8-11(19)16-10-4-2-9(15)3-5-10/h2-5H,6-8H2,1H3,(H,16,19). The normalized spacial score (nSPS) is 14.2. The van der Waals surface area contributed by atoms with E-state index >= 15 is 0 Å². The van der Waals surface area contributed by atoms with Crippen molar-refractivity contribution in [3.05, 3.63) is 29.3 Å². The van der Waals surface area contributed by atoms with Crippen molar-refractivity contribution in [1.29, 1.82) is 0 Å². The van der Waals surface area contributed by atoms with Crippen molar-refractivity contribution >= 4 is 41.1 Å². The van der Waals surface area contributed by atoms with E-state index in [1.54, 1.807) is 24.3 Å². The number of rotatable bonds is 5. The molecule has 1 fully saturated rings. The van der Waals surface area contributed by atoms with Crippen molar-refractivity contribution in [2.24, 2.45) is 0 Å². The topological polar surface area (TPSA) is 96.0 Å². The number of anilines is 1. The lowest BCUT2D eigenvalue weighted by Crippen LogP contribution is -2.37. The van der Waals surface area contributed by atoms with Gasteiger partial charge in [0.25, 0.3) is 11.8 Å². The van der Waals surface area contributed by atoms with E-state index in [0.29, 0.717) is 10.7 Å². The summed E-state index contributed by atoms with van der Waals surface area (Å²) in [6, 6.07) is 5.82. The van der Waals surface area contributed by atoms with Crippen LogP contribution in [0.2, 0.25) is 5.02 Å². The molecule has 8 nitrogen and oxygen atoms in total. The number of carbonyl (C=O) groups excluding carboxylic acids is 4. The zero-order valence-corrected chi connectivity index (χ0v) is 13.0. The van der Waals surface area contributed by atoms with Crippen LogP contribution in [0.5, 0.6) is 0 Å². The second-order valence-electron chi connectivity index (χ2n) is 4.83. The summed E-state index contributed by atoms with van der Waals surface area (Å²) >= 11 is 5.72.